The molecule has 0 saturated carbocycles. The molecule has 0 nitrogen and oxygen atoms in total. The van der Waals surface area contributed by atoms with E-state index >= 15 is 0 Å². The van der Waals surface area contributed by atoms with Crippen molar-refractivity contribution in [3.05, 3.63) is 152 Å². The zero-order valence-corrected chi connectivity index (χ0v) is 23.6. The van der Waals surface area contributed by atoms with Crippen molar-refractivity contribution in [3.8, 4) is 26.5 Å². The molecule has 0 aliphatic rings. The smallest absolute Gasteiger partial charge is 0.00633 e. The highest BCUT2D eigenvalue weighted by Gasteiger charge is 2.26. The molecule has 0 bridgehead atoms. The van der Waals surface area contributed by atoms with Gasteiger partial charge in [-0.25, -0.2) is 0 Å². The summed E-state index contributed by atoms with van der Waals surface area (Å²) in [5.41, 5.74) is 0. The van der Waals surface area contributed by atoms with Crippen LogP contribution in [0.2, 0.25) is 0 Å². The summed E-state index contributed by atoms with van der Waals surface area (Å²) >= 11 is 0. The van der Waals surface area contributed by atoms with E-state index in [2.05, 4.69) is 152 Å². The monoisotopic (exact) mass is 540 g/mol. The summed E-state index contributed by atoms with van der Waals surface area (Å²) in [6.45, 7) is -1.79. The van der Waals surface area contributed by atoms with Gasteiger partial charge in [0, 0.05) is 26.5 Å². The van der Waals surface area contributed by atoms with Crippen molar-refractivity contribution in [2.45, 2.75) is 0 Å². The van der Waals surface area contributed by atoms with Gasteiger partial charge in [0.05, 0.1) is 0 Å². The zero-order valence-electron chi connectivity index (χ0n) is 19.2. The Morgan fingerprint density at radius 1 is 0.200 bits per heavy atom. The molecule has 0 atom stereocenters. The van der Waals surface area contributed by atoms with Crippen molar-refractivity contribution in [2.75, 3.05) is 0 Å². The standard InChI is InChI=1S/C30H25P5/c1-6-16-26(17-7-1)31-32(27-18-8-2-9-19-27)34(29-22-12-4-13-23-29)35(30-24-14-5-15-25-30)33(31)28-20-10-3-11-21-28/h1-25H. The second-order valence-corrected chi connectivity index (χ2v) is 30.3. The van der Waals surface area contributed by atoms with Crippen LogP contribution in [0.25, 0.3) is 26.5 Å². The van der Waals surface area contributed by atoms with Gasteiger partial charge >= 0.3 is 0 Å². The molecule has 0 fully saturated rings. The van der Waals surface area contributed by atoms with E-state index in [9.17, 15) is 0 Å². The van der Waals surface area contributed by atoms with Gasteiger partial charge < -0.3 is 0 Å². The third-order valence-corrected chi connectivity index (χ3v) is 46.2. The lowest BCUT2D eigenvalue weighted by molar-refractivity contribution is 1.76. The molecule has 6 aromatic rings. The van der Waals surface area contributed by atoms with Crippen molar-refractivity contribution in [2.24, 2.45) is 0 Å². The molecule has 5 aromatic carbocycles. The van der Waals surface area contributed by atoms with Crippen molar-refractivity contribution < 1.29 is 0 Å². The maximum atomic E-state index is 2.42. The largest absolute Gasteiger partial charge is 0.0622 e. The van der Waals surface area contributed by atoms with E-state index in [-0.39, 0.29) is 34.4 Å². The summed E-state index contributed by atoms with van der Waals surface area (Å²) in [5.74, 6) is 0. The van der Waals surface area contributed by atoms with E-state index in [1.807, 2.05) is 0 Å². The highest BCUT2D eigenvalue weighted by molar-refractivity contribution is 8.77. The summed E-state index contributed by atoms with van der Waals surface area (Å²) < 4.78 is 0. The van der Waals surface area contributed by atoms with Crippen LogP contribution in [-0.2, 0) is 0 Å². The minimum atomic E-state index is -0.358. The first kappa shape index (κ1) is 23.0. The SMILES string of the molecule is c1ccc(-p2p(-c3ccccc3)p(-c3ccccc3)p(-c3ccccc3)p2-c2ccccc2)cc1. The molecular weight excluding hydrogens is 515 g/mol. The fraction of sp³-hybridized carbons (Fsp3) is 0. The van der Waals surface area contributed by atoms with Crippen LogP contribution in [0.3, 0.4) is 0 Å². The van der Waals surface area contributed by atoms with Crippen molar-refractivity contribution in [1.29, 1.82) is 0 Å². The average molecular weight is 540 g/mol. The Morgan fingerprint density at radius 2 is 0.343 bits per heavy atom. The van der Waals surface area contributed by atoms with E-state index < -0.39 is 0 Å². The molecule has 0 N–H and O–H groups in total. The van der Waals surface area contributed by atoms with Gasteiger partial charge in [-0.15, -0.1) is 0 Å². The van der Waals surface area contributed by atoms with Crippen LogP contribution < -0.4 is 0 Å². The second-order valence-electron chi connectivity index (χ2n) is 8.12. The first-order valence-electron chi connectivity index (χ1n) is 11.7. The molecule has 5 heteroatoms. The number of rotatable bonds is 5. The summed E-state index contributed by atoms with van der Waals surface area (Å²) in [6, 6.07) is 57.6. The predicted molar refractivity (Wildman–Crippen MR) is 164 cm³/mol. The molecule has 1 heterocycles. The normalized spacial score (nSPS) is 13.4. The topological polar surface area (TPSA) is 0 Å². The van der Waals surface area contributed by atoms with Crippen LogP contribution in [0.15, 0.2) is 152 Å². The Bertz CT molecular complexity index is 1250. The zero-order chi connectivity index (χ0) is 23.5. The van der Waals surface area contributed by atoms with Gasteiger partial charge in [-0.1, -0.05) is 152 Å². The molecule has 0 spiro atoms. The molecule has 170 valence electrons. The Labute approximate surface area is 212 Å². The van der Waals surface area contributed by atoms with E-state index in [0.29, 0.717) is 0 Å². The van der Waals surface area contributed by atoms with E-state index in [0.717, 1.165) is 0 Å². The average Bonchev–Trinajstić information content (AvgIpc) is 3.32. The third kappa shape index (κ3) is 4.60. The first-order valence-corrected chi connectivity index (χ1v) is 21.9. The summed E-state index contributed by atoms with van der Waals surface area (Å²) in [7, 11) is 0. The van der Waals surface area contributed by atoms with Crippen LogP contribution in [0.5, 0.6) is 0 Å². The molecular formula is C30H25P5. The summed E-state index contributed by atoms with van der Waals surface area (Å²) in [6.07, 6.45) is 0. The molecule has 0 saturated heterocycles. The molecule has 0 aliphatic carbocycles. The van der Waals surface area contributed by atoms with Crippen LogP contribution in [0.1, 0.15) is 0 Å². The molecule has 1 aromatic heterocycles. The quantitative estimate of drug-likeness (QED) is 0.204. The predicted octanol–water partition coefficient (Wildman–Crippen LogP) is 12.7. The highest BCUT2D eigenvalue weighted by Crippen LogP contribution is 2.97. The van der Waals surface area contributed by atoms with Crippen LogP contribution in [-0.4, -0.2) is 0 Å². The molecule has 6 rings (SSSR count). The minimum Gasteiger partial charge on any atom is -0.0622 e. The van der Waals surface area contributed by atoms with Gasteiger partial charge in [-0.3, -0.25) is 0 Å². The van der Waals surface area contributed by atoms with E-state index in [1.165, 1.54) is 0 Å². The van der Waals surface area contributed by atoms with Gasteiger partial charge in [-0.05, 0) is 34.4 Å². The summed E-state index contributed by atoms with van der Waals surface area (Å²) in [4.78, 5) is 0. The van der Waals surface area contributed by atoms with Crippen LogP contribution in [0.4, 0.5) is 0 Å². The Hall–Kier alpha value is -2.40. The lowest BCUT2D eigenvalue weighted by Gasteiger charge is -2.12. The minimum absolute atomic E-state index is 0.358. The Balaban J connectivity index is 1.86. The lowest BCUT2D eigenvalue weighted by atomic mass is 10.4. The van der Waals surface area contributed by atoms with Gasteiger partial charge in [0.25, 0.3) is 0 Å². The van der Waals surface area contributed by atoms with Crippen LogP contribution in [0, 0.1) is 0 Å². The van der Waals surface area contributed by atoms with Gasteiger partial charge in [0.2, 0.25) is 0 Å². The maximum absolute atomic E-state index is 2.42. The molecule has 0 unspecified atom stereocenters. The van der Waals surface area contributed by atoms with Crippen molar-refractivity contribution in [1.82, 2.24) is 0 Å². The van der Waals surface area contributed by atoms with Crippen LogP contribution >= 0.6 is 34.4 Å². The van der Waals surface area contributed by atoms with E-state index in [4.69, 9.17) is 0 Å². The summed E-state index contributed by atoms with van der Waals surface area (Å²) in [5, 5.41) is 7.90. The third-order valence-electron chi connectivity index (χ3n) is 5.83. The second kappa shape index (κ2) is 10.7. The Kier molecular flexibility index (Phi) is 7.04. The first-order chi connectivity index (χ1) is 17.4. The van der Waals surface area contributed by atoms with E-state index in [1.54, 1.807) is 26.5 Å². The molecule has 35 heavy (non-hydrogen) atoms. The van der Waals surface area contributed by atoms with Gasteiger partial charge in [0.1, 0.15) is 0 Å². The van der Waals surface area contributed by atoms with Crippen molar-refractivity contribution >= 4 is 34.4 Å². The fourth-order valence-corrected chi connectivity index (χ4v) is 69.1. The van der Waals surface area contributed by atoms with Crippen molar-refractivity contribution in [3.63, 3.8) is 0 Å². The number of hydrogen-bond donors (Lipinski definition) is 0. The Morgan fingerprint density at radius 3 is 0.486 bits per heavy atom. The maximum Gasteiger partial charge on any atom is 0.00633 e. The molecule has 0 amide bonds. The lowest BCUT2D eigenvalue weighted by Crippen LogP contribution is -1.66. The number of benzene rings is 5. The van der Waals surface area contributed by atoms with Gasteiger partial charge in [0.15, 0.2) is 0 Å². The highest BCUT2D eigenvalue weighted by atomic mass is 32.7. The van der Waals surface area contributed by atoms with Gasteiger partial charge in [-0.2, -0.15) is 0 Å². The molecule has 0 radical (unpaired) electrons. The number of hydrogen-bond acceptors (Lipinski definition) is 0. The fourth-order valence-electron chi connectivity index (χ4n) is 4.30. The molecule has 0 aliphatic heterocycles.